The van der Waals surface area contributed by atoms with E-state index in [1.54, 1.807) is 12.1 Å². The minimum Gasteiger partial charge on any atom is -0.478 e. The Morgan fingerprint density at radius 2 is 1.75 bits per heavy atom. The second-order valence-electron chi connectivity index (χ2n) is 5.12. The van der Waals surface area contributed by atoms with Gasteiger partial charge in [0.1, 0.15) is 0 Å². The van der Waals surface area contributed by atoms with Crippen molar-refractivity contribution in [2.75, 3.05) is 5.32 Å². The molecule has 0 aliphatic carbocycles. The Morgan fingerprint density at radius 3 is 2.45 bits per heavy atom. The molecule has 0 bridgehead atoms. The maximum absolute atomic E-state index is 11.0. The van der Waals surface area contributed by atoms with Gasteiger partial charge in [0.25, 0.3) is 0 Å². The summed E-state index contributed by atoms with van der Waals surface area (Å²) < 4.78 is 0. The molecule has 2 rings (SSSR count). The van der Waals surface area contributed by atoms with Crippen LogP contribution in [0.4, 0.5) is 5.69 Å². The molecule has 0 amide bonds. The van der Waals surface area contributed by atoms with Gasteiger partial charge in [0, 0.05) is 12.2 Å². The average molecular weight is 269 g/mol. The molecule has 0 heterocycles. The summed E-state index contributed by atoms with van der Waals surface area (Å²) in [5, 5.41) is 12.4. The molecule has 2 aromatic rings. The summed E-state index contributed by atoms with van der Waals surface area (Å²) in [7, 11) is 0. The summed E-state index contributed by atoms with van der Waals surface area (Å²) in [6, 6.07) is 11.5. The largest absolute Gasteiger partial charge is 0.478 e. The Labute approximate surface area is 119 Å². The van der Waals surface area contributed by atoms with E-state index in [1.165, 1.54) is 16.7 Å². The van der Waals surface area contributed by atoms with Crippen LogP contribution in [0, 0.1) is 20.8 Å². The number of carboxylic acids is 1. The fourth-order valence-corrected chi connectivity index (χ4v) is 2.13. The molecule has 20 heavy (non-hydrogen) atoms. The molecule has 0 saturated carbocycles. The average Bonchev–Trinajstić information content (AvgIpc) is 2.41. The van der Waals surface area contributed by atoms with E-state index in [4.69, 9.17) is 5.11 Å². The highest BCUT2D eigenvalue weighted by Crippen LogP contribution is 2.19. The molecule has 3 nitrogen and oxygen atoms in total. The monoisotopic (exact) mass is 269 g/mol. The van der Waals surface area contributed by atoms with Crippen LogP contribution in [0.3, 0.4) is 0 Å². The molecule has 0 saturated heterocycles. The first-order chi connectivity index (χ1) is 9.47. The third kappa shape index (κ3) is 3.18. The Hall–Kier alpha value is -2.29. The van der Waals surface area contributed by atoms with Crippen LogP contribution in [0.25, 0.3) is 0 Å². The molecular formula is C17H19NO2. The van der Waals surface area contributed by atoms with Crippen molar-refractivity contribution in [1.82, 2.24) is 0 Å². The fourth-order valence-electron chi connectivity index (χ4n) is 2.13. The molecule has 0 unspecified atom stereocenters. The zero-order valence-electron chi connectivity index (χ0n) is 12.0. The molecule has 0 atom stereocenters. The van der Waals surface area contributed by atoms with Gasteiger partial charge in [0.2, 0.25) is 0 Å². The summed E-state index contributed by atoms with van der Waals surface area (Å²) in [6.07, 6.45) is 0. The predicted molar refractivity (Wildman–Crippen MR) is 81.4 cm³/mol. The van der Waals surface area contributed by atoms with Gasteiger partial charge in [-0.1, -0.05) is 29.8 Å². The van der Waals surface area contributed by atoms with Crippen molar-refractivity contribution in [1.29, 1.82) is 0 Å². The standard InChI is InChI=1S/C17H19NO2/c1-11-4-5-12(2)15(8-11)10-18-16-9-14(17(19)20)7-6-13(16)3/h4-9,18H,10H2,1-3H3,(H,19,20). The second-order valence-corrected chi connectivity index (χ2v) is 5.12. The topological polar surface area (TPSA) is 49.3 Å². The number of nitrogens with one attached hydrogen (secondary N) is 1. The molecule has 0 fully saturated rings. The van der Waals surface area contributed by atoms with Crippen LogP contribution in [0.1, 0.15) is 32.6 Å². The normalized spacial score (nSPS) is 10.3. The van der Waals surface area contributed by atoms with Crippen molar-refractivity contribution in [2.45, 2.75) is 27.3 Å². The Balaban J connectivity index is 2.20. The van der Waals surface area contributed by atoms with Gasteiger partial charge in [-0.15, -0.1) is 0 Å². The van der Waals surface area contributed by atoms with Crippen LogP contribution in [-0.4, -0.2) is 11.1 Å². The molecule has 104 valence electrons. The van der Waals surface area contributed by atoms with Gasteiger partial charge in [0.05, 0.1) is 5.56 Å². The number of carbonyl (C=O) groups is 1. The van der Waals surface area contributed by atoms with E-state index in [0.717, 1.165) is 11.3 Å². The van der Waals surface area contributed by atoms with Gasteiger partial charge in [-0.25, -0.2) is 4.79 Å². The van der Waals surface area contributed by atoms with Crippen molar-refractivity contribution >= 4 is 11.7 Å². The quantitative estimate of drug-likeness (QED) is 0.884. The fraction of sp³-hybridized carbons (Fsp3) is 0.235. The third-order valence-electron chi connectivity index (χ3n) is 3.46. The number of hydrogen-bond acceptors (Lipinski definition) is 2. The van der Waals surface area contributed by atoms with Gasteiger partial charge in [-0.3, -0.25) is 0 Å². The van der Waals surface area contributed by atoms with Crippen LogP contribution in [0.5, 0.6) is 0 Å². The minimum absolute atomic E-state index is 0.305. The van der Waals surface area contributed by atoms with E-state index >= 15 is 0 Å². The number of rotatable bonds is 4. The van der Waals surface area contributed by atoms with Crippen LogP contribution >= 0.6 is 0 Å². The molecule has 2 aromatic carbocycles. The molecule has 0 aliphatic rings. The van der Waals surface area contributed by atoms with Crippen LogP contribution < -0.4 is 5.32 Å². The Kier molecular flexibility index (Phi) is 4.08. The maximum atomic E-state index is 11.0. The van der Waals surface area contributed by atoms with Gasteiger partial charge in [-0.05, 0) is 49.6 Å². The summed E-state index contributed by atoms with van der Waals surface area (Å²) >= 11 is 0. The zero-order chi connectivity index (χ0) is 14.7. The lowest BCUT2D eigenvalue weighted by Gasteiger charge is -2.12. The number of carboxylic acid groups (broad SMARTS) is 1. The summed E-state index contributed by atoms with van der Waals surface area (Å²) in [4.78, 5) is 11.0. The first-order valence-electron chi connectivity index (χ1n) is 6.61. The van der Waals surface area contributed by atoms with E-state index in [9.17, 15) is 4.79 Å². The van der Waals surface area contributed by atoms with Crippen molar-refractivity contribution in [2.24, 2.45) is 0 Å². The predicted octanol–water partition coefficient (Wildman–Crippen LogP) is 3.92. The van der Waals surface area contributed by atoms with E-state index in [0.29, 0.717) is 12.1 Å². The van der Waals surface area contributed by atoms with E-state index < -0.39 is 5.97 Å². The van der Waals surface area contributed by atoms with Crippen molar-refractivity contribution in [3.05, 3.63) is 64.2 Å². The summed E-state index contributed by atoms with van der Waals surface area (Å²) in [6.45, 7) is 6.81. The SMILES string of the molecule is Cc1ccc(C)c(CNc2cc(C(=O)O)ccc2C)c1. The summed E-state index contributed by atoms with van der Waals surface area (Å²) in [5.41, 5.74) is 5.90. The second kappa shape index (κ2) is 5.78. The number of aryl methyl sites for hydroxylation is 3. The number of aromatic carboxylic acids is 1. The lowest BCUT2D eigenvalue weighted by molar-refractivity contribution is 0.0697. The smallest absolute Gasteiger partial charge is 0.335 e. The summed E-state index contributed by atoms with van der Waals surface area (Å²) in [5.74, 6) is -0.903. The Bertz CT molecular complexity index is 647. The van der Waals surface area contributed by atoms with Crippen LogP contribution in [0.2, 0.25) is 0 Å². The molecule has 2 N–H and O–H groups in total. The molecule has 0 radical (unpaired) electrons. The zero-order valence-corrected chi connectivity index (χ0v) is 12.0. The highest BCUT2D eigenvalue weighted by molar-refractivity contribution is 5.89. The first kappa shape index (κ1) is 14.1. The van der Waals surface area contributed by atoms with Crippen molar-refractivity contribution < 1.29 is 9.90 Å². The van der Waals surface area contributed by atoms with Gasteiger partial charge in [0.15, 0.2) is 0 Å². The lowest BCUT2D eigenvalue weighted by Crippen LogP contribution is -2.05. The molecule has 0 aromatic heterocycles. The maximum Gasteiger partial charge on any atom is 0.335 e. The number of anilines is 1. The molecular weight excluding hydrogens is 250 g/mol. The van der Waals surface area contributed by atoms with E-state index in [-0.39, 0.29) is 0 Å². The van der Waals surface area contributed by atoms with Gasteiger partial charge < -0.3 is 10.4 Å². The molecule has 3 heteroatoms. The highest BCUT2D eigenvalue weighted by atomic mass is 16.4. The van der Waals surface area contributed by atoms with Gasteiger partial charge >= 0.3 is 5.97 Å². The molecule has 0 aliphatic heterocycles. The first-order valence-corrected chi connectivity index (χ1v) is 6.61. The third-order valence-corrected chi connectivity index (χ3v) is 3.46. The van der Waals surface area contributed by atoms with E-state index in [1.807, 2.05) is 13.0 Å². The van der Waals surface area contributed by atoms with Crippen molar-refractivity contribution in [3.63, 3.8) is 0 Å². The number of benzene rings is 2. The Morgan fingerprint density at radius 1 is 1.05 bits per heavy atom. The van der Waals surface area contributed by atoms with Crippen LogP contribution in [0.15, 0.2) is 36.4 Å². The number of hydrogen-bond donors (Lipinski definition) is 2. The lowest BCUT2D eigenvalue weighted by atomic mass is 10.0. The van der Waals surface area contributed by atoms with E-state index in [2.05, 4.69) is 37.4 Å². The minimum atomic E-state index is -0.903. The van der Waals surface area contributed by atoms with Gasteiger partial charge in [-0.2, -0.15) is 0 Å². The highest BCUT2D eigenvalue weighted by Gasteiger charge is 2.06. The van der Waals surface area contributed by atoms with Crippen molar-refractivity contribution in [3.8, 4) is 0 Å². The van der Waals surface area contributed by atoms with Crippen LogP contribution in [-0.2, 0) is 6.54 Å². The molecule has 0 spiro atoms.